The van der Waals surface area contributed by atoms with Crippen LogP contribution in [0.2, 0.25) is 0 Å². The maximum atomic E-state index is 6.20. The fourth-order valence-electron chi connectivity index (χ4n) is 3.00. The number of para-hydroxylation sites is 1. The fraction of sp³-hybridized carbons (Fsp3) is 0.500. The first kappa shape index (κ1) is 14.3. The fourth-order valence-corrected chi connectivity index (χ4v) is 3.00. The van der Waals surface area contributed by atoms with Gasteiger partial charge in [-0.15, -0.1) is 0 Å². The van der Waals surface area contributed by atoms with Crippen LogP contribution in [0.15, 0.2) is 24.3 Å². The summed E-state index contributed by atoms with van der Waals surface area (Å²) >= 11 is 0. The lowest BCUT2D eigenvalue weighted by atomic mass is 10.0. The van der Waals surface area contributed by atoms with Crippen molar-refractivity contribution in [1.29, 1.82) is 0 Å². The molecular weight excluding hydrogens is 260 g/mol. The maximum absolute atomic E-state index is 6.20. The number of ether oxygens (including phenoxy) is 1. The second kappa shape index (κ2) is 6.44. The monoisotopic (exact) mass is 284 g/mol. The number of fused-ring (bicyclic) bond motifs is 2. The van der Waals surface area contributed by atoms with Crippen molar-refractivity contribution in [2.75, 3.05) is 27.2 Å². The van der Waals surface area contributed by atoms with Crippen LogP contribution in [-0.2, 0) is 12.8 Å². The van der Waals surface area contributed by atoms with E-state index in [9.17, 15) is 0 Å². The molecule has 1 heterocycles. The zero-order valence-corrected chi connectivity index (χ0v) is 13.1. The van der Waals surface area contributed by atoms with Crippen molar-refractivity contribution < 1.29 is 4.74 Å². The van der Waals surface area contributed by atoms with Gasteiger partial charge in [0.2, 0.25) is 0 Å². The molecule has 112 valence electrons. The number of benzene rings is 1. The first-order valence-corrected chi connectivity index (χ1v) is 7.94. The third-order valence-corrected chi connectivity index (χ3v) is 4.15. The molecule has 0 bridgehead atoms. The van der Waals surface area contributed by atoms with Crippen molar-refractivity contribution in [3.05, 3.63) is 35.5 Å². The number of nitrogens with zero attached hydrogens (tertiary/aromatic N) is 2. The summed E-state index contributed by atoms with van der Waals surface area (Å²) in [4.78, 5) is 7.04. The Bertz CT molecular complexity index is 622. The summed E-state index contributed by atoms with van der Waals surface area (Å²) in [6.07, 6.45) is 5.98. The van der Waals surface area contributed by atoms with Gasteiger partial charge in [-0.3, -0.25) is 4.98 Å². The summed E-state index contributed by atoms with van der Waals surface area (Å²) in [5.41, 5.74) is 3.68. The Kier molecular flexibility index (Phi) is 4.39. The van der Waals surface area contributed by atoms with E-state index < -0.39 is 0 Å². The number of pyridine rings is 1. The quantitative estimate of drug-likeness (QED) is 0.804. The van der Waals surface area contributed by atoms with Crippen LogP contribution in [0.1, 0.15) is 30.5 Å². The van der Waals surface area contributed by atoms with Crippen molar-refractivity contribution >= 4 is 10.9 Å². The predicted octanol–water partition coefficient (Wildman–Crippen LogP) is 3.44. The number of hydrogen-bond donors (Lipinski definition) is 0. The Balaban J connectivity index is 2.02. The molecule has 0 N–H and O–H groups in total. The first-order chi connectivity index (χ1) is 10.3. The standard InChI is InChI=1S/C18H24N2O/c1-20(2)12-13-21-18-14-8-4-3-5-10-16(14)19-17-11-7-6-9-15(17)18/h6-7,9,11H,3-5,8,10,12-13H2,1-2H3. The van der Waals surface area contributed by atoms with Gasteiger partial charge < -0.3 is 9.64 Å². The minimum Gasteiger partial charge on any atom is -0.491 e. The molecule has 0 unspecified atom stereocenters. The van der Waals surface area contributed by atoms with Gasteiger partial charge in [-0.2, -0.15) is 0 Å². The average molecular weight is 284 g/mol. The van der Waals surface area contributed by atoms with Gasteiger partial charge in [-0.25, -0.2) is 0 Å². The molecule has 3 nitrogen and oxygen atoms in total. The number of rotatable bonds is 4. The normalized spacial score (nSPS) is 15.0. The van der Waals surface area contributed by atoms with Gasteiger partial charge in [0.15, 0.2) is 0 Å². The molecule has 1 aromatic carbocycles. The summed E-state index contributed by atoms with van der Waals surface area (Å²) < 4.78 is 6.20. The van der Waals surface area contributed by atoms with Crippen molar-refractivity contribution in [2.45, 2.75) is 32.1 Å². The average Bonchev–Trinajstić information content (AvgIpc) is 2.71. The van der Waals surface area contributed by atoms with Gasteiger partial charge >= 0.3 is 0 Å². The van der Waals surface area contributed by atoms with Crippen molar-refractivity contribution in [1.82, 2.24) is 9.88 Å². The van der Waals surface area contributed by atoms with Crippen molar-refractivity contribution in [2.24, 2.45) is 0 Å². The van der Waals surface area contributed by atoms with E-state index in [-0.39, 0.29) is 0 Å². The number of hydrogen-bond acceptors (Lipinski definition) is 3. The van der Waals surface area contributed by atoms with Crippen LogP contribution in [0.5, 0.6) is 5.75 Å². The van der Waals surface area contributed by atoms with E-state index in [1.807, 2.05) is 0 Å². The Morgan fingerprint density at radius 1 is 1.10 bits per heavy atom. The second-order valence-corrected chi connectivity index (χ2v) is 6.10. The molecule has 0 radical (unpaired) electrons. The topological polar surface area (TPSA) is 25.4 Å². The minimum absolute atomic E-state index is 0.730. The first-order valence-electron chi connectivity index (χ1n) is 7.94. The molecule has 1 aliphatic rings. The number of aryl methyl sites for hydroxylation is 1. The maximum Gasteiger partial charge on any atom is 0.133 e. The molecule has 0 atom stereocenters. The van der Waals surface area contributed by atoms with Crippen molar-refractivity contribution in [3.8, 4) is 5.75 Å². The minimum atomic E-state index is 0.730. The van der Waals surface area contributed by atoms with Gasteiger partial charge in [0.25, 0.3) is 0 Å². The number of likely N-dealkylation sites (N-methyl/N-ethyl adjacent to an activating group) is 1. The van der Waals surface area contributed by atoms with Crippen LogP contribution >= 0.6 is 0 Å². The zero-order valence-electron chi connectivity index (χ0n) is 13.1. The summed E-state index contributed by atoms with van der Waals surface area (Å²) in [5, 5.41) is 1.16. The molecule has 0 amide bonds. The Hall–Kier alpha value is -1.61. The lowest BCUT2D eigenvalue weighted by Gasteiger charge is -2.17. The lowest BCUT2D eigenvalue weighted by molar-refractivity contribution is 0.261. The highest BCUT2D eigenvalue weighted by Crippen LogP contribution is 2.34. The molecular formula is C18H24N2O. The summed E-state index contributed by atoms with van der Waals surface area (Å²) in [6.45, 7) is 1.67. The van der Waals surface area contributed by atoms with E-state index in [4.69, 9.17) is 9.72 Å². The Labute approximate surface area is 126 Å². The van der Waals surface area contributed by atoms with E-state index in [0.717, 1.165) is 42.6 Å². The van der Waals surface area contributed by atoms with E-state index in [2.05, 4.69) is 43.3 Å². The van der Waals surface area contributed by atoms with Crippen LogP contribution in [0.25, 0.3) is 10.9 Å². The molecule has 0 spiro atoms. The number of aromatic nitrogens is 1. The predicted molar refractivity (Wildman–Crippen MR) is 87.1 cm³/mol. The molecule has 21 heavy (non-hydrogen) atoms. The van der Waals surface area contributed by atoms with Gasteiger partial charge in [0.1, 0.15) is 12.4 Å². The van der Waals surface area contributed by atoms with E-state index in [1.165, 1.54) is 30.5 Å². The highest BCUT2D eigenvalue weighted by Gasteiger charge is 2.18. The molecule has 0 aliphatic heterocycles. The summed E-state index contributed by atoms with van der Waals surface area (Å²) in [6, 6.07) is 8.37. The highest BCUT2D eigenvalue weighted by molar-refractivity contribution is 5.86. The molecule has 2 aromatic rings. The molecule has 0 saturated carbocycles. The third-order valence-electron chi connectivity index (χ3n) is 4.15. The molecule has 1 aromatic heterocycles. The summed E-state index contributed by atoms with van der Waals surface area (Å²) in [7, 11) is 4.16. The van der Waals surface area contributed by atoms with Gasteiger partial charge in [-0.05, 0) is 51.9 Å². The summed E-state index contributed by atoms with van der Waals surface area (Å²) in [5.74, 6) is 1.08. The van der Waals surface area contributed by atoms with E-state index in [1.54, 1.807) is 0 Å². The van der Waals surface area contributed by atoms with Crippen LogP contribution in [-0.4, -0.2) is 37.1 Å². The molecule has 3 heteroatoms. The molecule has 1 aliphatic carbocycles. The highest BCUT2D eigenvalue weighted by atomic mass is 16.5. The van der Waals surface area contributed by atoms with Crippen LogP contribution < -0.4 is 4.74 Å². The van der Waals surface area contributed by atoms with Gasteiger partial charge in [0.05, 0.1) is 5.52 Å². The van der Waals surface area contributed by atoms with E-state index >= 15 is 0 Å². The Morgan fingerprint density at radius 2 is 1.90 bits per heavy atom. The van der Waals surface area contributed by atoms with Gasteiger partial charge in [0, 0.05) is 23.2 Å². The van der Waals surface area contributed by atoms with Crippen LogP contribution in [0, 0.1) is 0 Å². The molecule has 3 rings (SSSR count). The molecule has 0 saturated heterocycles. The Morgan fingerprint density at radius 3 is 2.76 bits per heavy atom. The second-order valence-electron chi connectivity index (χ2n) is 6.10. The third kappa shape index (κ3) is 3.18. The zero-order chi connectivity index (χ0) is 14.7. The smallest absolute Gasteiger partial charge is 0.133 e. The van der Waals surface area contributed by atoms with Gasteiger partial charge in [-0.1, -0.05) is 18.6 Å². The van der Waals surface area contributed by atoms with Crippen LogP contribution in [0.3, 0.4) is 0 Å². The van der Waals surface area contributed by atoms with Crippen molar-refractivity contribution in [3.63, 3.8) is 0 Å². The lowest BCUT2D eigenvalue weighted by Crippen LogP contribution is -2.20. The van der Waals surface area contributed by atoms with Crippen LogP contribution in [0.4, 0.5) is 0 Å². The largest absolute Gasteiger partial charge is 0.491 e. The SMILES string of the molecule is CN(C)CCOc1c2c(nc3ccccc13)CCCCC2. The molecule has 0 fully saturated rings. The van der Waals surface area contributed by atoms with E-state index in [0.29, 0.717) is 0 Å².